The molecule has 0 aliphatic heterocycles. The van der Waals surface area contributed by atoms with E-state index in [9.17, 15) is 9.90 Å². The molecule has 0 amide bonds. The van der Waals surface area contributed by atoms with Crippen LogP contribution in [0.1, 0.15) is 43.0 Å². The van der Waals surface area contributed by atoms with Gasteiger partial charge in [0.15, 0.2) is 6.10 Å². The predicted molar refractivity (Wildman–Crippen MR) is 96.8 cm³/mol. The Hall–Kier alpha value is -2.29. The van der Waals surface area contributed by atoms with E-state index in [4.69, 9.17) is 4.74 Å². The molecule has 0 saturated carbocycles. The molecule has 0 aliphatic rings. The second kappa shape index (κ2) is 7.08. The molecule has 0 bridgehead atoms. The number of benzene rings is 2. The van der Waals surface area contributed by atoms with Crippen molar-refractivity contribution >= 4 is 5.97 Å². The minimum absolute atomic E-state index is 0.0589. The lowest BCUT2D eigenvalue weighted by atomic mass is 9.87. The van der Waals surface area contributed by atoms with Gasteiger partial charge in [-0.05, 0) is 48.1 Å². The zero-order valence-corrected chi connectivity index (χ0v) is 15.1. The molecule has 3 heteroatoms. The molecule has 0 saturated heterocycles. The van der Waals surface area contributed by atoms with Gasteiger partial charge in [-0.2, -0.15) is 0 Å². The molecule has 0 fully saturated rings. The fourth-order valence-electron chi connectivity index (χ4n) is 2.60. The molecule has 0 unspecified atom stereocenters. The number of carboxylic acid groups (broad SMARTS) is 1. The summed E-state index contributed by atoms with van der Waals surface area (Å²) in [5.41, 5.74) is 4.46. The minimum Gasteiger partial charge on any atom is -0.478 e. The lowest BCUT2D eigenvalue weighted by Gasteiger charge is -2.20. The van der Waals surface area contributed by atoms with E-state index >= 15 is 0 Å². The van der Waals surface area contributed by atoms with Crippen LogP contribution in [0.25, 0.3) is 0 Å². The quantitative estimate of drug-likeness (QED) is 0.868. The summed E-state index contributed by atoms with van der Waals surface area (Å²) in [4.78, 5) is 11.6. The molecule has 0 radical (unpaired) electrons. The molecular weight excluding hydrogens is 300 g/mol. The zero-order valence-electron chi connectivity index (χ0n) is 15.1. The van der Waals surface area contributed by atoms with Crippen LogP contribution in [0.5, 0.6) is 5.75 Å². The maximum atomic E-state index is 11.6. The highest BCUT2D eigenvalue weighted by molar-refractivity contribution is 5.73. The van der Waals surface area contributed by atoms with Crippen molar-refractivity contribution in [2.45, 2.75) is 52.6 Å². The lowest BCUT2D eigenvalue weighted by molar-refractivity contribution is -0.145. The maximum Gasteiger partial charge on any atom is 0.345 e. The third-order valence-electron chi connectivity index (χ3n) is 4.18. The Kier molecular flexibility index (Phi) is 5.33. The van der Waals surface area contributed by atoms with Crippen molar-refractivity contribution in [2.24, 2.45) is 0 Å². The molecule has 128 valence electrons. The Morgan fingerprint density at radius 2 is 1.71 bits per heavy atom. The summed E-state index contributed by atoms with van der Waals surface area (Å²) in [7, 11) is 0. The predicted octanol–water partition coefficient (Wildman–Crippen LogP) is 4.68. The summed E-state index contributed by atoms with van der Waals surface area (Å²) in [6.45, 7) is 10.4. The van der Waals surface area contributed by atoms with E-state index in [2.05, 4.69) is 20.8 Å². The van der Waals surface area contributed by atoms with Crippen LogP contribution in [0.4, 0.5) is 0 Å². The summed E-state index contributed by atoms with van der Waals surface area (Å²) < 4.78 is 5.74. The van der Waals surface area contributed by atoms with Crippen molar-refractivity contribution in [3.8, 4) is 5.75 Å². The van der Waals surface area contributed by atoms with E-state index in [0.717, 1.165) is 16.7 Å². The van der Waals surface area contributed by atoms with E-state index in [1.54, 1.807) is 0 Å². The Balaban J connectivity index is 2.17. The molecule has 2 aromatic rings. The van der Waals surface area contributed by atoms with Crippen molar-refractivity contribution in [1.82, 2.24) is 0 Å². The number of rotatable bonds is 5. The van der Waals surface area contributed by atoms with Gasteiger partial charge in [0.2, 0.25) is 0 Å². The highest BCUT2D eigenvalue weighted by Crippen LogP contribution is 2.25. The first kappa shape index (κ1) is 18.1. The van der Waals surface area contributed by atoms with Gasteiger partial charge < -0.3 is 9.84 Å². The smallest absolute Gasteiger partial charge is 0.345 e. The second-order valence-electron chi connectivity index (χ2n) is 7.35. The van der Waals surface area contributed by atoms with Crippen LogP contribution < -0.4 is 4.74 Å². The average molecular weight is 326 g/mol. The van der Waals surface area contributed by atoms with Crippen LogP contribution in [-0.4, -0.2) is 17.2 Å². The molecule has 1 N–H and O–H groups in total. The average Bonchev–Trinajstić information content (AvgIpc) is 2.49. The third kappa shape index (κ3) is 4.60. The van der Waals surface area contributed by atoms with E-state index in [-0.39, 0.29) is 5.41 Å². The van der Waals surface area contributed by atoms with Gasteiger partial charge in [-0.25, -0.2) is 4.79 Å². The second-order valence-corrected chi connectivity index (χ2v) is 7.35. The Labute approximate surface area is 144 Å². The summed E-state index contributed by atoms with van der Waals surface area (Å²) in [5, 5.41) is 9.51. The van der Waals surface area contributed by atoms with Gasteiger partial charge in [0, 0.05) is 6.42 Å². The largest absolute Gasteiger partial charge is 0.478 e. The van der Waals surface area contributed by atoms with E-state index < -0.39 is 12.1 Å². The number of carboxylic acids is 1. The van der Waals surface area contributed by atoms with Crippen LogP contribution in [0, 0.1) is 13.8 Å². The molecule has 0 spiro atoms. The first-order chi connectivity index (χ1) is 11.2. The molecule has 0 heterocycles. The molecule has 24 heavy (non-hydrogen) atoms. The molecule has 3 nitrogen and oxygen atoms in total. The van der Waals surface area contributed by atoms with Gasteiger partial charge in [-0.15, -0.1) is 0 Å². The Morgan fingerprint density at radius 1 is 1.08 bits per heavy atom. The van der Waals surface area contributed by atoms with E-state index in [0.29, 0.717) is 12.2 Å². The SMILES string of the molecule is Cc1ccc(C)c(C[C@@H](Oc2ccc(C(C)(C)C)cc2)C(=O)O)c1. The number of ether oxygens (including phenoxy) is 1. The van der Waals surface area contributed by atoms with Crippen molar-refractivity contribution in [2.75, 3.05) is 0 Å². The van der Waals surface area contributed by atoms with Gasteiger partial charge in [0.05, 0.1) is 0 Å². The highest BCUT2D eigenvalue weighted by atomic mass is 16.5. The van der Waals surface area contributed by atoms with Gasteiger partial charge in [0.1, 0.15) is 5.75 Å². The molecule has 2 rings (SSSR count). The molecular formula is C21H26O3. The van der Waals surface area contributed by atoms with Crippen molar-refractivity contribution in [3.63, 3.8) is 0 Å². The fraction of sp³-hybridized carbons (Fsp3) is 0.381. The molecule has 0 aliphatic carbocycles. The van der Waals surface area contributed by atoms with E-state index in [1.165, 1.54) is 5.56 Å². The van der Waals surface area contributed by atoms with Gasteiger partial charge >= 0.3 is 5.97 Å². The normalized spacial score (nSPS) is 12.7. The monoisotopic (exact) mass is 326 g/mol. The summed E-state index contributed by atoms with van der Waals surface area (Å²) >= 11 is 0. The van der Waals surface area contributed by atoms with Crippen molar-refractivity contribution in [1.29, 1.82) is 0 Å². The van der Waals surface area contributed by atoms with Crippen LogP contribution >= 0.6 is 0 Å². The molecule has 0 aromatic heterocycles. The highest BCUT2D eigenvalue weighted by Gasteiger charge is 2.21. The molecule has 2 aromatic carbocycles. The van der Waals surface area contributed by atoms with Crippen molar-refractivity contribution < 1.29 is 14.6 Å². The lowest BCUT2D eigenvalue weighted by Crippen LogP contribution is -2.29. The van der Waals surface area contributed by atoms with Gasteiger partial charge in [-0.1, -0.05) is 56.7 Å². The van der Waals surface area contributed by atoms with Crippen LogP contribution in [0.15, 0.2) is 42.5 Å². The Bertz CT molecular complexity index is 709. The first-order valence-corrected chi connectivity index (χ1v) is 8.23. The topological polar surface area (TPSA) is 46.5 Å². The van der Waals surface area contributed by atoms with Crippen LogP contribution in [0.2, 0.25) is 0 Å². The van der Waals surface area contributed by atoms with Crippen LogP contribution in [0.3, 0.4) is 0 Å². The fourth-order valence-corrected chi connectivity index (χ4v) is 2.60. The van der Waals surface area contributed by atoms with Gasteiger partial charge in [0.25, 0.3) is 0 Å². The van der Waals surface area contributed by atoms with Crippen LogP contribution in [-0.2, 0) is 16.6 Å². The summed E-state index contributed by atoms with van der Waals surface area (Å²) in [6, 6.07) is 13.7. The number of aryl methyl sites for hydroxylation is 2. The van der Waals surface area contributed by atoms with Gasteiger partial charge in [-0.3, -0.25) is 0 Å². The summed E-state index contributed by atoms with van der Waals surface area (Å²) in [5.74, 6) is -0.364. The third-order valence-corrected chi connectivity index (χ3v) is 4.18. The van der Waals surface area contributed by atoms with E-state index in [1.807, 2.05) is 56.3 Å². The zero-order chi connectivity index (χ0) is 17.9. The number of hydrogen-bond acceptors (Lipinski definition) is 2. The minimum atomic E-state index is -0.948. The standard InChI is InChI=1S/C21H26O3/c1-14-6-7-15(2)16(12-14)13-19(20(22)23)24-18-10-8-17(9-11-18)21(3,4)5/h6-12,19H,13H2,1-5H3,(H,22,23)/t19-/m1/s1. The summed E-state index contributed by atoms with van der Waals surface area (Å²) in [6.07, 6.45) is -0.546. The number of hydrogen-bond donors (Lipinski definition) is 1. The number of aliphatic carboxylic acids is 1. The number of carbonyl (C=O) groups is 1. The first-order valence-electron chi connectivity index (χ1n) is 8.23. The molecule has 1 atom stereocenters. The van der Waals surface area contributed by atoms with Crippen molar-refractivity contribution in [3.05, 3.63) is 64.7 Å². The maximum absolute atomic E-state index is 11.6. The Morgan fingerprint density at radius 3 is 2.25 bits per heavy atom.